The highest BCUT2D eigenvalue weighted by atomic mass is 16.5. The zero-order valence-electron chi connectivity index (χ0n) is 13.1. The first kappa shape index (κ1) is 15.8. The second-order valence-corrected chi connectivity index (χ2v) is 5.98. The maximum atomic E-state index is 12.5. The van der Waals surface area contributed by atoms with Crippen molar-refractivity contribution in [2.45, 2.75) is 32.9 Å². The van der Waals surface area contributed by atoms with Crippen LogP contribution in [-0.4, -0.2) is 32.3 Å². The van der Waals surface area contributed by atoms with Gasteiger partial charge in [0.25, 0.3) is 0 Å². The number of amides is 1. The molecule has 116 valence electrons. The summed E-state index contributed by atoms with van der Waals surface area (Å²) in [7, 11) is 1.63. The third-order valence-corrected chi connectivity index (χ3v) is 4.24. The van der Waals surface area contributed by atoms with Crippen molar-refractivity contribution in [2.24, 2.45) is 11.1 Å². The van der Waals surface area contributed by atoms with Gasteiger partial charge in [-0.2, -0.15) is 0 Å². The highest BCUT2D eigenvalue weighted by Crippen LogP contribution is 2.30. The number of benzene rings is 1. The molecule has 5 heteroatoms. The molecule has 5 nitrogen and oxygen atoms in total. The Hall–Kier alpha value is -1.59. The number of nitrogens with one attached hydrogen (secondary N) is 1. The molecule has 0 spiro atoms. The van der Waals surface area contributed by atoms with Gasteiger partial charge in [0.1, 0.15) is 5.75 Å². The molecule has 0 bridgehead atoms. The first-order chi connectivity index (χ1) is 9.88. The average molecular weight is 292 g/mol. The molecule has 2 rings (SSSR count). The third kappa shape index (κ3) is 3.04. The van der Waals surface area contributed by atoms with E-state index >= 15 is 0 Å². The van der Waals surface area contributed by atoms with Gasteiger partial charge in [0.15, 0.2) is 0 Å². The van der Waals surface area contributed by atoms with Gasteiger partial charge in [0.05, 0.1) is 31.8 Å². The summed E-state index contributed by atoms with van der Waals surface area (Å²) in [4.78, 5) is 12.5. The molecule has 1 heterocycles. The van der Waals surface area contributed by atoms with Crippen molar-refractivity contribution in [3.8, 4) is 5.75 Å². The van der Waals surface area contributed by atoms with Crippen LogP contribution >= 0.6 is 0 Å². The molecule has 0 radical (unpaired) electrons. The molecular weight excluding hydrogens is 268 g/mol. The summed E-state index contributed by atoms with van der Waals surface area (Å²) in [6, 6.07) is 5.50. The quantitative estimate of drug-likeness (QED) is 0.883. The maximum absolute atomic E-state index is 12.5. The Balaban J connectivity index is 2.16. The minimum Gasteiger partial charge on any atom is -0.496 e. The van der Waals surface area contributed by atoms with Gasteiger partial charge in [-0.15, -0.1) is 0 Å². The molecule has 1 aromatic carbocycles. The average Bonchev–Trinajstić information content (AvgIpc) is 2.79. The van der Waals surface area contributed by atoms with Crippen molar-refractivity contribution in [1.82, 2.24) is 5.32 Å². The molecule has 0 aromatic heterocycles. The fraction of sp³-hybridized carbons (Fsp3) is 0.562. The number of methoxy groups -OCH3 is 1. The van der Waals surface area contributed by atoms with Crippen LogP contribution in [0.25, 0.3) is 0 Å². The number of carbonyl (C=O) groups excluding carboxylic acids is 1. The molecule has 1 aromatic rings. The van der Waals surface area contributed by atoms with Crippen molar-refractivity contribution in [1.29, 1.82) is 0 Å². The zero-order valence-corrected chi connectivity index (χ0v) is 13.1. The van der Waals surface area contributed by atoms with Gasteiger partial charge < -0.3 is 20.5 Å². The number of aryl methyl sites for hydroxylation is 1. The first-order valence-electron chi connectivity index (χ1n) is 7.17. The zero-order chi connectivity index (χ0) is 15.6. The van der Waals surface area contributed by atoms with Crippen LogP contribution in [0, 0.1) is 12.3 Å². The van der Waals surface area contributed by atoms with Crippen LogP contribution in [0.5, 0.6) is 5.75 Å². The second kappa shape index (κ2) is 6.03. The number of ether oxygens (including phenoxy) is 2. The molecule has 1 fully saturated rings. The van der Waals surface area contributed by atoms with E-state index in [0.29, 0.717) is 13.2 Å². The van der Waals surface area contributed by atoms with Gasteiger partial charge in [-0.3, -0.25) is 4.79 Å². The van der Waals surface area contributed by atoms with E-state index in [1.54, 1.807) is 7.11 Å². The van der Waals surface area contributed by atoms with E-state index < -0.39 is 5.41 Å². The maximum Gasteiger partial charge on any atom is 0.230 e. The van der Waals surface area contributed by atoms with E-state index in [4.69, 9.17) is 15.2 Å². The van der Waals surface area contributed by atoms with Gasteiger partial charge in [-0.05, 0) is 26.8 Å². The Bertz CT molecular complexity index is 532. The second-order valence-electron chi connectivity index (χ2n) is 5.98. The molecule has 0 saturated carbocycles. The van der Waals surface area contributed by atoms with Crippen molar-refractivity contribution in [3.63, 3.8) is 0 Å². The number of hydrogen-bond donors (Lipinski definition) is 2. The highest BCUT2D eigenvalue weighted by Gasteiger charge is 2.44. The van der Waals surface area contributed by atoms with Crippen LogP contribution in [0.4, 0.5) is 0 Å². The van der Waals surface area contributed by atoms with Crippen LogP contribution < -0.4 is 15.8 Å². The summed E-state index contributed by atoms with van der Waals surface area (Å²) in [5, 5.41) is 3.03. The van der Waals surface area contributed by atoms with Crippen molar-refractivity contribution in [2.75, 3.05) is 20.3 Å². The van der Waals surface area contributed by atoms with Gasteiger partial charge >= 0.3 is 0 Å². The van der Waals surface area contributed by atoms with Crippen molar-refractivity contribution in [3.05, 3.63) is 29.3 Å². The minimum atomic E-state index is -0.675. The van der Waals surface area contributed by atoms with E-state index in [9.17, 15) is 4.79 Å². The summed E-state index contributed by atoms with van der Waals surface area (Å²) >= 11 is 0. The fourth-order valence-corrected chi connectivity index (χ4v) is 2.55. The highest BCUT2D eigenvalue weighted by molar-refractivity contribution is 5.84. The topological polar surface area (TPSA) is 73.6 Å². The third-order valence-electron chi connectivity index (χ3n) is 4.24. The molecule has 3 atom stereocenters. The lowest BCUT2D eigenvalue weighted by molar-refractivity contribution is -0.131. The lowest BCUT2D eigenvalue weighted by Gasteiger charge is -2.28. The van der Waals surface area contributed by atoms with Crippen LogP contribution in [0.1, 0.15) is 31.0 Å². The van der Waals surface area contributed by atoms with E-state index in [2.05, 4.69) is 5.32 Å². The summed E-state index contributed by atoms with van der Waals surface area (Å²) in [6.45, 7) is 6.59. The molecule has 0 aliphatic carbocycles. The van der Waals surface area contributed by atoms with Gasteiger partial charge in [0.2, 0.25) is 5.91 Å². The van der Waals surface area contributed by atoms with Crippen LogP contribution in [-0.2, 0) is 9.53 Å². The van der Waals surface area contributed by atoms with Crippen LogP contribution in [0.3, 0.4) is 0 Å². The molecule has 1 aliphatic rings. The van der Waals surface area contributed by atoms with Gasteiger partial charge in [-0.1, -0.05) is 17.7 Å². The Morgan fingerprint density at radius 1 is 1.57 bits per heavy atom. The molecule has 1 amide bonds. The molecule has 1 aliphatic heterocycles. The first-order valence-corrected chi connectivity index (χ1v) is 7.17. The lowest BCUT2D eigenvalue weighted by atomic mass is 9.84. The summed E-state index contributed by atoms with van der Waals surface area (Å²) in [6.07, 6.45) is 0. The van der Waals surface area contributed by atoms with Crippen LogP contribution in [0.15, 0.2) is 18.2 Å². The Morgan fingerprint density at radius 3 is 2.86 bits per heavy atom. The van der Waals surface area contributed by atoms with E-state index in [0.717, 1.165) is 16.9 Å². The molecule has 21 heavy (non-hydrogen) atoms. The van der Waals surface area contributed by atoms with E-state index in [1.807, 2.05) is 39.0 Å². The minimum absolute atomic E-state index is 0.0800. The Labute approximate surface area is 125 Å². The monoisotopic (exact) mass is 292 g/mol. The standard InChI is InChI=1S/C16H24N2O3/c1-10-5-6-13(20-4)12(7-10)11(2)18-15(19)16(3)9-21-8-14(16)17/h5-7,11,14H,8-9,17H2,1-4H3,(H,18,19). The fourth-order valence-electron chi connectivity index (χ4n) is 2.55. The normalized spacial score (nSPS) is 26.4. The lowest BCUT2D eigenvalue weighted by Crippen LogP contribution is -2.50. The number of hydrogen-bond acceptors (Lipinski definition) is 4. The Kier molecular flexibility index (Phi) is 4.54. The largest absolute Gasteiger partial charge is 0.496 e. The predicted octanol–water partition coefficient (Wildman–Crippen LogP) is 1.54. The van der Waals surface area contributed by atoms with Crippen molar-refractivity contribution >= 4 is 5.91 Å². The number of nitrogens with two attached hydrogens (primary N) is 1. The van der Waals surface area contributed by atoms with Crippen molar-refractivity contribution < 1.29 is 14.3 Å². The number of carbonyl (C=O) groups is 1. The predicted molar refractivity (Wildman–Crippen MR) is 81.2 cm³/mol. The smallest absolute Gasteiger partial charge is 0.230 e. The molecule has 3 N–H and O–H groups in total. The molecule has 1 saturated heterocycles. The molecule has 3 unspecified atom stereocenters. The summed E-state index contributed by atoms with van der Waals surface area (Å²) in [5.41, 5.74) is 7.41. The van der Waals surface area contributed by atoms with Gasteiger partial charge in [0, 0.05) is 11.6 Å². The summed E-state index contributed by atoms with van der Waals surface area (Å²) < 4.78 is 10.7. The SMILES string of the molecule is COc1ccc(C)cc1C(C)NC(=O)C1(C)COCC1N. The Morgan fingerprint density at radius 2 is 2.29 bits per heavy atom. The van der Waals surface area contributed by atoms with E-state index in [-0.39, 0.29) is 18.0 Å². The van der Waals surface area contributed by atoms with E-state index in [1.165, 1.54) is 0 Å². The molecular formula is C16H24N2O3. The number of rotatable bonds is 4. The van der Waals surface area contributed by atoms with Gasteiger partial charge in [-0.25, -0.2) is 0 Å². The van der Waals surface area contributed by atoms with Crippen LogP contribution in [0.2, 0.25) is 0 Å². The summed E-state index contributed by atoms with van der Waals surface area (Å²) in [5.74, 6) is 0.689.